The van der Waals surface area contributed by atoms with Gasteiger partial charge in [-0.1, -0.05) is 6.07 Å². The van der Waals surface area contributed by atoms with E-state index in [1.807, 2.05) is 0 Å². The number of aryl methyl sites for hydroxylation is 1. The van der Waals surface area contributed by atoms with Crippen molar-refractivity contribution in [3.8, 4) is 17.2 Å². The molecule has 0 saturated heterocycles. The summed E-state index contributed by atoms with van der Waals surface area (Å²) in [4.78, 5) is 21.3. The molecule has 108 valence electrons. The molecule has 6 nitrogen and oxygen atoms in total. The third-order valence-electron chi connectivity index (χ3n) is 2.85. The van der Waals surface area contributed by atoms with E-state index in [2.05, 4.69) is 0 Å². The van der Waals surface area contributed by atoms with Crippen molar-refractivity contribution in [2.45, 2.75) is 6.92 Å². The van der Waals surface area contributed by atoms with Crippen molar-refractivity contribution in [2.75, 3.05) is 7.11 Å². The summed E-state index contributed by atoms with van der Waals surface area (Å²) in [5, 5.41) is 11.1. The average Bonchev–Trinajstić information content (AvgIpc) is 2.49. The number of methoxy groups -OCH3 is 1. The van der Waals surface area contributed by atoms with Crippen LogP contribution in [0.3, 0.4) is 0 Å². The Hall–Kier alpha value is -2.89. The second-order valence-electron chi connectivity index (χ2n) is 4.36. The minimum atomic E-state index is -0.505. The molecule has 0 fully saturated rings. The Kier molecular flexibility index (Phi) is 4.18. The molecule has 2 aromatic rings. The van der Waals surface area contributed by atoms with Crippen LogP contribution in [0.25, 0.3) is 0 Å². The first-order chi connectivity index (χ1) is 10.0. The van der Waals surface area contributed by atoms with Gasteiger partial charge >= 0.3 is 5.69 Å². The predicted molar refractivity (Wildman–Crippen MR) is 76.3 cm³/mol. The van der Waals surface area contributed by atoms with Crippen LogP contribution < -0.4 is 9.47 Å². The summed E-state index contributed by atoms with van der Waals surface area (Å²) >= 11 is 0. The average molecular weight is 287 g/mol. The number of aldehydes is 1. The van der Waals surface area contributed by atoms with Gasteiger partial charge in [-0.3, -0.25) is 14.9 Å². The Morgan fingerprint density at radius 3 is 2.43 bits per heavy atom. The fourth-order valence-corrected chi connectivity index (χ4v) is 1.82. The van der Waals surface area contributed by atoms with Crippen LogP contribution in [0.1, 0.15) is 15.9 Å². The molecule has 2 aromatic carbocycles. The van der Waals surface area contributed by atoms with Gasteiger partial charge in [0.2, 0.25) is 5.75 Å². The Morgan fingerprint density at radius 2 is 1.81 bits per heavy atom. The molecule has 0 bridgehead atoms. The van der Waals surface area contributed by atoms with Crippen molar-refractivity contribution in [1.29, 1.82) is 0 Å². The van der Waals surface area contributed by atoms with Crippen molar-refractivity contribution < 1.29 is 19.2 Å². The molecule has 21 heavy (non-hydrogen) atoms. The number of carbonyl (C=O) groups is 1. The Labute approximate surface area is 121 Å². The van der Waals surface area contributed by atoms with Crippen molar-refractivity contribution in [3.05, 3.63) is 57.6 Å². The van der Waals surface area contributed by atoms with Crippen molar-refractivity contribution in [3.63, 3.8) is 0 Å². The van der Waals surface area contributed by atoms with Crippen LogP contribution in [0, 0.1) is 17.0 Å². The minimum Gasteiger partial charge on any atom is -0.493 e. The molecule has 0 aromatic heterocycles. The second kappa shape index (κ2) is 6.04. The number of rotatable bonds is 5. The predicted octanol–water partition coefficient (Wildman–Crippen LogP) is 3.52. The number of nitro benzene ring substituents is 1. The first kappa shape index (κ1) is 14.5. The van der Waals surface area contributed by atoms with Gasteiger partial charge < -0.3 is 9.47 Å². The van der Waals surface area contributed by atoms with E-state index in [9.17, 15) is 14.9 Å². The summed E-state index contributed by atoms with van der Waals surface area (Å²) in [6, 6.07) is 9.26. The zero-order valence-electron chi connectivity index (χ0n) is 11.5. The zero-order valence-corrected chi connectivity index (χ0v) is 11.5. The molecule has 0 N–H and O–H groups in total. The molecular weight excluding hydrogens is 274 g/mol. The first-order valence-electron chi connectivity index (χ1n) is 6.11. The first-order valence-corrected chi connectivity index (χ1v) is 6.11. The molecule has 0 aliphatic heterocycles. The topological polar surface area (TPSA) is 78.7 Å². The fourth-order valence-electron chi connectivity index (χ4n) is 1.82. The van der Waals surface area contributed by atoms with Gasteiger partial charge in [0.15, 0.2) is 11.5 Å². The van der Waals surface area contributed by atoms with Crippen LogP contribution in [0.2, 0.25) is 0 Å². The van der Waals surface area contributed by atoms with E-state index >= 15 is 0 Å². The van der Waals surface area contributed by atoms with E-state index in [0.29, 0.717) is 23.3 Å². The van der Waals surface area contributed by atoms with Crippen molar-refractivity contribution in [1.82, 2.24) is 0 Å². The molecule has 0 heterocycles. The molecule has 0 unspecified atom stereocenters. The summed E-state index contributed by atoms with van der Waals surface area (Å²) in [6.45, 7) is 1.76. The van der Waals surface area contributed by atoms with Crippen molar-refractivity contribution in [2.24, 2.45) is 0 Å². The Morgan fingerprint density at radius 1 is 1.10 bits per heavy atom. The molecule has 0 spiro atoms. The van der Waals surface area contributed by atoms with Gasteiger partial charge in [-0.2, -0.15) is 0 Å². The Bertz CT molecular complexity index is 696. The van der Waals surface area contributed by atoms with Gasteiger partial charge in [0.1, 0.15) is 6.29 Å². The van der Waals surface area contributed by atoms with Gasteiger partial charge in [-0.15, -0.1) is 0 Å². The molecule has 0 atom stereocenters. The van der Waals surface area contributed by atoms with E-state index in [0.717, 1.165) is 5.56 Å². The van der Waals surface area contributed by atoms with Crippen molar-refractivity contribution >= 4 is 12.0 Å². The second-order valence-corrected chi connectivity index (χ2v) is 4.36. The van der Waals surface area contributed by atoms with Crippen LogP contribution >= 0.6 is 0 Å². The number of carbonyl (C=O) groups excluding carboxylic acids is 1. The van der Waals surface area contributed by atoms with Gasteiger partial charge in [0, 0.05) is 11.6 Å². The zero-order chi connectivity index (χ0) is 15.4. The number of nitrogens with zero attached hydrogens (tertiary/aromatic N) is 1. The van der Waals surface area contributed by atoms with Crippen LogP contribution in [0.5, 0.6) is 17.2 Å². The van der Waals surface area contributed by atoms with E-state index < -0.39 is 4.92 Å². The number of benzene rings is 2. The maximum absolute atomic E-state index is 11.1. The third-order valence-corrected chi connectivity index (χ3v) is 2.85. The lowest BCUT2D eigenvalue weighted by Crippen LogP contribution is -1.96. The molecule has 0 radical (unpaired) electrons. The highest BCUT2D eigenvalue weighted by Gasteiger charge is 2.17. The molecule has 0 amide bonds. The minimum absolute atomic E-state index is 0.114. The number of nitro groups is 1. The van der Waals surface area contributed by atoms with E-state index in [1.165, 1.54) is 31.4 Å². The molecule has 6 heteroatoms. The lowest BCUT2D eigenvalue weighted by Gasteiger charge is -2.11. The smallest absolute Gasteiger partial charge is 0.311 e. The van der Waals surface area contributed by atoms with Crippen LogP contribution in [-0.2, 0) is 0 Å². The van der Waals surface area contributed by atoms with Gasteiger partial charge in [-0.25, -0.2) is 0 Å². The standard InChI is InChI=1S/C15H13NO5/c1-10-3-5-13(12(7-10)16(18)19)21-14-6-4-11(9-17)8-15(14)20-2/h3-9H,1-2H3. The number of hydrogen-bond acceptors (Lipinski definition) is 5. The highest BCUT2D eigenvalue weighted by Crippen LogP contribution is 2.36. The number of hydrogen-bond donors (Lipinski definition) is 0. The normalized spacial score (nSPS) is 10.0. The Balaban J connectivity index is 2.43. The summed E-state index contributed by atoms with van der Waals surface area (Å²) in [5.74, 6) is 0.743. The van der Waals surface area contributed by atoms with E-state index in [-0.39, 0.29) is 11.4 Å². The van der Waals surface area contributed by atoms with Gasteiger partial charge in [-0.05, 0) is 36.8 Å². The SMILES string of the molecule is COc1cc(C=O)ccc1Oc1ccc(C)cc1[N+](=O)[O-]. The summed E-state index contributed by atoms with van der Waals surface area (Å²) in [6.07, 6.45) is 0.681. The van der Waals surface area contributed by atoms with E-state index in [1.54, 1.807) is 19.1 Å². The highest BCUT2D eigenvalue weighted by molar-refractivity contribution is 5.76. The van der Waals surface area contributed by atoms with Gasteiger partial charge in [0.25, 0.3) is 0 Å². The summed E-state index contributed by atoms with van der Waals surface area (Å²) < 4.78 is 10.7. The maximum atomic E-state index is 11.1. The lowest BCUT2D eigenvalue weighted by atomic mass is 10.2. The van der Waals surface area contributed by atoms with Crippen LogP contribution in [0.4, 0.5) is 5.69 Å². The number of ether oxygens (including phenoxy) is 2. The molecule has 0 aliphatic carbocycles. The summed E-state index contributed by atoms with van der Waals surface area (Å²) in [5.41, 5.74) is 1.06. The monoisotopic (exact) mass is 287 g/mol. The molecule has 2 rings (SSSR count). The quantitative estimate of drug-likeness (QED) is 0.477. The third kappa shape index (κ3) is 3.17. The van der Waals surface area contributed by atoms with E-state index in [4.69, 9.17) is 9.47 Å². The van der Waals surface area contributed by atoms with Gasteiger partial charge in [0.05, 0.1) is 12.0 Å². The molecule has 0 saturated carbocycles. The largest absolute Gasteiger partial charge is 0.493 e. The molecular formula is C15H13NO5. The van der Waals surface area contributed by atoms with Crippen LogP contribution in [-0.4, -0.2) is 18.3 Å². The van der Waals surface area contributed by atoms with Crippen LogP contribution in [0.15, 0.2) is 36.4 Å². The lowest BCUT2D eigenvalue weighted by molar-refractivity contribution is -0.385. The fraction of sp³-hybridized carbons (Fsp3) is 0.133. The highest BCUT2D eigenvalue weighted by atomic mass is 16.6. The summed E-state index contributed by atoms with van der Waals surface area (Å²) in [7, 11) is 1.43. The maximum Gasteiger partial charge on any atom is 0.311 e. The molecule has 0 aliphatic rings.